The maximum atomic E-state index is 13.8. The third-order valence-electron chi connectivity index (χ3n) is 4.67. The molecule has 0 spiro atoms. The fraction of sp³-hybridized carbons (Fsp3) is 0.250. The van der Waals surface area contributed by atoms with Gasteiger partial charge in [-0.15, -0.1) is 5.10 Å². The molecule has 1 amide bonds. The van der Waals surface area contributed by atoms with E-state index in [1.165, 1.54) is 12.1 Å². The summed E-state index contributed by atoms with van der Waals surface area (Å²) in [6, 6.07) is 14.0. The van der Waals surface area contributed by atoms with Gasteiger partial charge in [0, 0.05) is 23.7 Å². The predicted molar refractivity (Wildman–Crippen MR) is 102 cm³/mol. The molecule has 2 heterocycles. The molecule has 1 aliphatic rings. The average molecular weight is 401 g/mol. The standard InChI is InChI=1S/C20H18ClFN4O2/c21-18-7-4-8-19(22)17(18)9-20(27)25-11-15(12-25)26-10-14(23-24-26)13-28-16-5-2-1-3-6-16/h1-8,10,15H,9,11-13H2. The van der Waals surface area contributed by atoms with E-state index in [9.17, 15) is 9.18 Å². The summed E-state index contributed by atoms with van der Waals surface area (Å²) in [5.74, 6) is 0.150. The fourth-order valence-corrected chi connectivity index (χ4v) is 3.25. The van der Waals surface area contributed by atoms with Crippen LogP contribution in [0.4, 0.5) is 4.39 Å². The number of hydrogen-bond acceptors (Lipinski definition) is 4. The fourth-order valence-electron chi connectivity index (χ4n) is 3.02. The van der Waals surface area contributed by atoms with E-state index in [-0.39, 0.29) is 29.0 Å². The second-order valence-corrected chi connectivity index (χ2v) is 7.03. The van der Waals surface area contributed by atoms with E-state index >= 15 is 0 Å². The van der Waals surface area contributed by atoms with Gasteiger partial charge >= 0.3 is 0 Å². The lowest BCUT2D eigenvalue weighted by molar-refractivity contribution is -0.136. The average Bonchev–Trinajstić information content (AvgIpc) is 3.11. The highest BCUT2D eigenvalue weighted by Crippen LogP contribution is 2.24. The minimum absolute atomic E-state index is 0.0499. The Hall–Kier alpha value is -2.93. The molecule has 0 bridgehead atoms. The highest BCUT2D eigenvalue weighted by atomic mass is 35.5. The van der Waals surface area contributed by atoms with Crippen LogP contribution in [0.15, 0.2) is 54.7 Å². The number of likely N-dealkylation sites (tertiary alicyclic amines) is 1. The number of ether oxygens (including phenoxy) is 1. The number of hydrogen-bond donors (Lipinski definition) is 0. The number of carbonyl (C=O) groups is 1. The van der Waals surface area contributed by atoms with Gasteiger partial charge in [-0.25, -0.2) is 9.07 Å². The van der Waals surface area contributed by atoms with Crippen molar-refractivity contribution in [1.82, 2.24) is 19.9 Å². The van der Waals surface area contributed by atoms with Crippen LogP contribution < -0.4 is 4.74 Å². The molecule has 0 unspecified atom stereocenters. The molecule has 3 aromatic rings. The topological polar surface area (TPSA) is 60.2 Å². The lowest BCUT2D eigenvalue weighted by Crippen LogP contribution is -2.51. The molecule has 0 N–H and O–H groups in total. The first kappa shape index (κ1) is 18.4. The molecule has 1 saturated heterocycles. The molecule has 28 heavy (non-hydrogen) atoms. The van der Waals surface area contributed by atoms with E-state index < -0.39 is 5.82 Å². The Kier molecular flexibility index (Phi) is 5.25. The normalized spacial score (nSPS) is 14.0. The number of halogens is 2. The van der Waals surface area contributed by atoms with Crippen molar-refractivity contribution in [2.24, 2.45) is 0 Å². The Morgan fingerprint density at radius 1 is 1.18 bits per heavy atom. The van der Waals surface area contributed by atoms with Crippen molar-refractivity contribution in [2.45, 2.75) is 19.1 Å². The number of rotatable bonds is 6. The third kappa shape index (κ3) is 3.99. The van der Waals surface area contributed by atoms with Gasteiger partial charge in [-0.1, -0.05) is 41.1 Å². The summed E-state index contributed by atoms with van der Waals surface area (Å²) in [5.41, 5.74) is 0.950. The number of carbonyl (C=O) groups excluding carboxylic acids is 1. The van der Waals surface area contributed by atoms with Gasteiger partial charge in [0.25, 0.3) is 0 Å². The molecular formula is C20H18ClFN4O2. The van der Waals surface area contributed by atoms with Crippen LogP contribution in [0, 0.1) is 5.82 Å². The lowest BCUT2D eigenvalue weighted by atomic mass is 10.1. The van der Waals surface area contributed by atoms with Crippen molar-refractivity contribution >= 4 is 17.5 Å². The molecule has 2 aromatic carbocycles. The first-order chi connectivity index (χ1) is 13.6. The second-order valence-electron chi connectivity index (χ2n) is 6.62. The zero-order valence-electron chi connectivity index (χ0n) is 15.0. The molecule has 1 aliphatic heterocycles. The summed E-state index contributed by atoms with van der Waals surface area (Å²) in [6.07, 6.45) is 1.77. The van der Waals surface area contributed by atoms with Gasteiger partial charge in [-0.3, -0.25) is 4.79 Å². The highest BCUT2D eigenvalue weighted by Gasteiger charge is 2.33. The Bertz CT molecular complexity index is 953. The van der Waals surface area contributed by atoms with Gasteiger partial charge in [0.05, 0.1) is 18.7 Å². The van der Waals surface area contributed by atoms with E-state index in [4.69, 9.17) is 16.3 Å². The molecule has 0 radical (unpaired) electrons. The maximum absolute atomic E-state index is 13.8. The van der Waals surface area contributed by atoms with Crippen molar-refractivity contribution in [1.29, 1.82) is 0 Å². The molecule has 144 valence electrons. The van der Waals surface area contributed by atoms with Crippen LogP contribution in [0.1, 0.15) is 17.3 Å². The van der Waals surface area contributed by atoms with Crippen molar-refractivity contribution in [3.63, 3.8) is 0 Å². The maximum Gasteiger partial charge on any atom is 0.227 e. The number of nitrogens with zero attached hydrogens (tertiary/aromatic N) is 4. The van der Waals surface area contributed by atoms with Crippen LogP contribution in [0.5, 0.6) is 5.75 Å². The smallest absolute Gasteiger partial charge is 0.227 e. The zero-order valence-corrected chi connectivity index (χ0v) is 15.7. The van der Waals surface area contributed by atoms with Gasteiger partial charge in [-0.2, -0.15) is 0 Å². The van der Waals surface area contributed by atoms with E-state index in [1.807, 2.05) is 36.5 Å². The largest absolute Gasteiger partial charge is 0.487 e. The molecule has 0 saturated carbocycles. The van der Waals surface area contributed by atoms with Crippen LogP contribution in [-0.2, 0) is 17.8 Å². The van der Waals surface area contributed by atoms with Gasteiger partial charge in [0.1, 0.15) is 23.9 Å². The van der Waals surface area contributed by atoms with E-state index in [0.29, 0.717) is 25.4 Å². The van der Waals surface area contributed by atoms with E-state index in [1.54, 1.807) is 15.6 Å². The predicted octanol–water partition coefficient (Wildman–Crippen LogP) is 3.28. The van der Waals surface area contributed by atoms with Crippen molar-refractivity contribution in [3.8, 4) is 5.75 Å². The van der Waals surface area contributed by atoms with Crippen LogP contribution >= 0.6 is 11.6 Å². The Labute approximate surface area is 166 Å². The summed E-state index contributed by atoms with van der Waals surface area (Å²) < 4.78 is 21.2. The van der Waals surface area contributed by atoms with Crippen LogP contribution in [0.25, 0.3) is 0 Å². The van der Waals surface area contributed by atoms with Gasteiger partial charge in [0.2, 0.25) is 5.91 Å². The molecule has 0 aliphatic carbocycles. The van der Waals surface area contributed by atoms with Crippen LogP contribution in [0.2, 0.25) is 5.02 Å². The molecule has 1 fully saturated rings. The number of para-hydroxylation sites is 1. The Morgan fingerprint density at radius 2 is 1.96 bits per heavy atom. The SMILES string of the molecule is O=C(Cc1c(F)cccc1Cl)N1CC(n2cc(COc3ccccc3)nn2)C1. The van der Waals surface area contributed by atoms with Crippen molar-refractivity contribution < 1.29 is 13.9 Å². The van der Waals surface area contributed by atoms with E-state index in [0.717, 1.165) is 5.75 Å². The summed E-state index contributed by atoms with van der Waals surface area (Å²) in [5, 5.41) is 8.50. The molecule has 0 atom stereocenters. The van der Waals surface area contributed by atoms with Gasteiger partial charge in [-0.05, 0) is 24.3 Å². The minimum Gasteiger partial charge on any atom is -0.487 e. The lowest BCUT2D eigenvalue weighted by Gasteiger charge is -2.39. The van der Waals surface area contributed by atoms with Crippen LogP contribution in [-0.4, -0.2) is 38.9 Å². The van der Waals surface area contributed by atoms with Gasteiger partial charge < -0.3 is 9.64 Å². The number of aromatic nitrogens is 3. The van der Waals surface area contributed by atoms with E-state index in [2.05, 4.69) is 10.3 Å². The summed E-state index contributed by atoms with van der Waals surface area (Å²) in [6.45, 7) is 1.34. The quantitative estimate of drug-likeness (QED) is 0.637. The van der Waals surface area contributed by atoms with Crippen LogP contribution in [0.3, 0.4) is 0 Å². The number of benzene rings is 2. The first-order valence-electron chi connectivity index (χ1n) is 8.89. The highest BCUT2D eigenvalue weighted by molar-refractivity contribution is 6.31. The summed E-state index contributed by atoms with van der Waals surface area (Å²) in [7, 11) is 0. The summed E-state index contributed by atoms with van der Waals surface area (Å²) in [4.78, 5) is 14.0. The molecular weight excluding hydrogens is 383 g/mol. The molecule has 6 nitrogen and oxygen atoms in total. The first-order valence-corrected chi connectivity index (χ1v) is 9.27. The molecule has 1 aromatic heterocycles. The third-order valence-corrected chi connectivity index (χ3v) is 5.02. The Balaban J connectivity index is 1.29. The van der Waals surface area contributed by atoms with Crippen molar-refractivity contribution in [3.05, 3.63) is 76.8 Å². The summed E-state index contributed by atoms with van der Waals surface area (Å²) >= 11 is 6.00. The van der Waals surface area contributed by atoms with Crippen molar-refractivity contribution in [2.75, 3.05) is 13.1 Å². The molecule has 8 heteroatoms. The zero-order chi connectivity index (χ0) is 19.5. The second kappa shape index (κ2) is 7.98. The minimum atomic E-state index is -0.461. The monoisotopic (exact) mass is 400 g/mol. The Morgan fingerprint density at radius 3 is 2.71 bits per heavy atom. The molecule has 4 rings (SSSR count). The van der Waals surface area contributed by atoms with Gasteiger partial charge in [0.15, 0.2) is 0 Å². The number of amides is 1.